The summed E-state index contributed by atoms with van der Waals surface area (Å²) in [6, 6.07) is 0.662. The summed E-state index contributed by atoms with van der Waals surface area (Å²) in [4.78, 5) is 22.0. The van der Waals surface area contributed by atoms with E-state index >= 15 is 0 Å². The molecule has 0 saturated carbocycles. The molecule has 86 valence electrons. The van der Waals surface area contributed by atoms with Gasteiger partial charge in [-0.25, -0.2) is 13.2 Å². The number of Topliss-reactive ketones (excluding diaryl/α,β-unsaturated/α-hetero) is 1. The molecule has 1 aromatic carbocycles. The van der Waals surface area contributed by atoms with E-state index in [1.54, 1.807) is 0 Å². The van der Waals surface area contributed by atoms with Crippen molar-refractivity contribution in [3.05, 3.63) is 35.1 Å². The third-order valence-corrected chi connectivity index (χ3v) is 1.84. The molecule has 0 fully saturated rings. The third kappa shape index (κ3) is 2.59. The lowest BCUT2D eigenvalue weighted by Gasteiger charge is -2.02. The Morgan fingerprint density at radius 2 is 1.69 bits per heavy atom. The van der Waals surface area contributed by atoms with Gasteiger partial charge >= 0.3 is 5.97 Å². The van der Waals surface area contributed by atoms with Crippen molar-refractivity contribution in [3.8, 4) is 0 Å². The van der Waals surface area contributed by atoms with Gasteiger partial charge in [-0.15, -0.1) is 0 Å². The first-order valence-electron chi connectivity index (χ1n) is 4.20. The van der Waals surface area contributed by atoms with E-state index in [0.717, 1.165) is 7.11 Å². The van der Waals surface area contributed by atoms with Gasteiger partial charge in [0.25, 0.3) is 0 Å². The zero-order valence-electron chi connectivity index (χ0n) is 8.22. The molecule has 0 radical (unpaired) electrons. The van der Waals surface area contributed by atoms with Gasteiger partial charge in [0.15, 0.2) is 17.4 Å². The van der Waals surface area contributed by atoms with Gasteiger partial charge in [0, 0.05) is 6.07 Å². The molecular formula is C10H7F3O3. The van der Waals surface area contributed by atoms with Crippen molar-refractivity contribution < 1.29 is 27.5 Å². The fraction of sp³-hybridized carbons (Fsp3) is 0.200. The molecule has 0 aliphatic heterocycles. The third-order valence-electron chi connectivity index (χ3n) is 1.84. The first kappa shape index (κ1) is 12.2. The Balaban J connectivity index is 3.00. The first-order valence-corrected chi connectivity index (χ1v) is 4.20. The Hall–Kier alpha value is -1.85. The van der Waals surface area contributed by atoms with Gasteiger partial charge in [-0.3, -0.25) is 9.59 Å². The molecule has 1 rings (SSSR count). The average Bonchev–Trinajstić information content (AvgIpc) is 2.23. The van der Waals surface area contributed by atoms with Crippen molar-refractivity contribution in [2.24, 2.45) is 0 Å². The second-order valence-electron chi connectivity index (χ2n) is 2.92. The molecule has 3 nitrogen and oxygen atoms in total. The zero-order valence-corrected chi connectivity index (χ0v) is 8.22. The van der Waals surface area contributed by atoms with Crippen molar-refractivity contribution in [2.75, 3.05) is 7.11 Å². The van der Waals surface area contributed by atoms with Gasteiger partial charge < -0.3 is 4.74 Å². The summed E-state index contributed by atoms with van der Waals surface area (Å²) in [5, 5.41) is 0. The van der Waals surface area contributed by atoms with Crippen LogP contribution in [0.15, 0.2) is 12.1 Å². The number of methoxy groups -OCH3 is 1. The van der Waals surface area contributed by atoms with E-state index in [0.29, 0.717) is 6.07 Å². The van der Waals surface area contributed by atoms with Crippen molar-refractivity contribution in [2.45, 2.75) is 6.42 Å². The number of hydrogen-bond acceptors (Lipinski definition) is 3. The van der Waals surface area contributed by atoms with Crippen LogP contribution < -0.4 is 0 Å². The number of ketones is 1. The number of carbonyl (C=O) groups excluding carboxylic acids is 2. The molecule has 6 heteroatoms. The number of hydrogen-bond donors (Lipinski definition) is 0. The highest BCUT2D eigenvalue weighted by molar-refractivity contribution is 6.06. The lowest BCUT2D eigenvalue weighted by molar-refractivity contribution is -0.139. The molecule has 0 spiro atoms. The van der Waals surface area contributed by atoms with E-state index in [-0.39, 0.29) is 6.07 Å². The largest absolute Gasteiger partial charge is 0.469 e. The summed E-state index contributed by atoms with van der Waals surface area (Å²) in [5.41, 5.74) is -0.677. The minimum Gasteiger partial charge on any atom is -0.469 e. The van der Waals surface area contributed by atoms with Gasteiger partial charge in [-0.05, 0) is 6.07 Å². The minimum atomic E-state index is -1.40. The second kappa shape index (κ2) is 4.78. The predicted molar refractivity (Wildman–Crippen MR) is 47.3 cm³/mol. The van der Waals surface area contributed by atoms with E-state index in [1.165, 1.54) is 0 Å². The second-order valence-corrected chi connectivity index (χ2v) is 2.92. The molecule has 16 heavy (non-hydrogen) atoms. The van der Waals surface area contributed by atoms with Crippen molar-refractivity contribution >= 4 is 11.8 Å². The molecule has 0 N–H and O–H groups in total. The standard InChI is InChI=1S/C10H7F3O3/c1-16-10(15)4-9(14)5-2-7(12)8(13)3-6(5)11/h2-3H,4H2,1H3. The van der Waals surface area contributed by atoms with Crippen LogP contribution in [0.1, 0.15) is 16.8 Å². The Labute approximate surface area is 88.8 Å². The van der Waals surface area contributed by atoms with E-state index < -0.39 is 41.2 Å². The van der Waals surface area contributed by atoms with Crippen LogP contribution in [0.5, 0.6) is 0 Å². The molecule has 0 aromatic heterocycles. The van der Waals surface area contributed by atoms with E-state index in [2.05, 4.69) is 4.74 Å². The minimum absolute atomic E-state index is 0.250. The topological polar surface area (TPSA) is 43.4 Å². The van der Waals surface area contributed by atoms with Crippen LogP contribution in [-0.2, 0) is 9.53 Å². The van der Waals surface area contributed by atoms with Gasteiger partial charge in [-0.2, -0.15) is 0 Å². The quantitative estimate of drug-likeness (QED) is 0.345. The van der Waals surface area contributed by atoms with E-state index in [4.69, 9.17) is 0 Å². The number of carbonyl (C=O) groups is 2. The number of esters is 1. The maximum Gasteiger partial charge on any atom is 0.313 e. The molecule has 0 bridgehead atoms. The van der Waals surface area contributed by atoms with Crippen molar-refractivity contribution in [1.29, 1.82) is 0 Å². The highest BCUT2D eigenvalue weighted by Crippen LogP contribution is 2.15. The summed E-state index contributed by atoms with van der Waals surface area (Å²) < 4.78 is 42.5. The Morgan fingerprint density at radius 1 is 1.12 bits per heavy atom. The lowest BCUT2D eigenvalue weighted by Crippen LogP contribution is -2.11. The predicted octanol–water partition coefficient (Wildman–Crippen LogP) is 1.85. The van der Waals surface area contributed by atoms with Crippen molar-refractivity contribution in [3.63, 3.8) is 0 Å². The molecule has 0 amide bonds. The maximum atomic E-state index is 13.1. The fourth-order valence-electron chi connectivity index (χ4n) is 1.03. The molecule has 0 aliphatic carbocycles. The van der Waals surface area contributed by atoms with Gasteiger partial charge in [0.1, 0.15) is 12.2 Å². The van der Waals surface area contributed by atoms with Gasteiger partial charge in [-0.1, -0.05) is 0 Å². The number of halogens is 3. The molecular weight excluding hydrogens is 225 g/mol. The Kier molecular flexibility index (Phi) is 3.65. The first-order chi connectivity index (χ1) is 7.45. The molecule has 0 aliphatic rings. The number of benzene rings is 1. The summed E-state index contributed by atoms with van der Waals surface area (Å²) in [7, 11) is 1.05. The molecule has 0 saturated heterocycles. The van der Waals surface area contributed by atoms with Crippen LogP contribution in [-0.4, -0.2) is 18.9 Å². The van der Waals surface area contributed by atoms with Gasteiger partial charge in [0.2, 0.25) is 0 Å². The summed E-state index contributed by atoms with van der Waals surface area (Å²) >= 11 is 0. The lowest BCUT2D eigenvalue weighted by atomic mass is 10.1. The summed E-state index contributed by atoms with van der Waals surface area (Å²) in [5.74, 6) is -5.81. The zero-order chi connectivity index (χ0) is 12.3. The maximum absolute atomic E-state index is 13.1. The SMILES string of the molecule is COC(=O)CC(=O)c1cc(F)c(F)cc1F. The van der Waals surface area contributed by atoms with Crippen LogP contribution in [0.2, 0.25) is 0 Å². The number of ether oxygens (including phenoxy) is 1. The summed E-state index contributed by atoms with van der Waals surface area (Å²) in [6.45, 7) is 0. The smallest absolute Gasteiger partial charge is 0.313 e. The molecule has 1 aromatic rings. The Morgan fingerprint density at radius 3 is 2.25 bits per heavy atom. The molecule has 0 heterocycles. The summed E-state index contributed by atoms with van der Waals surface area (Å²) in [6.07, 6.45) is -0.724. The molecule has 0 atom stereocenters. The van der Waals surface area contributed by atoms with Crippen LogP contribution in [0, 0.1) is 17.5 Å². The van der Waals surface area contributed by atoms with E-state index in [9.17, 15) is 22.8 Å². The fourth-order valence-corrected chi connectivity index (χ4v) is 1.03. The van der Waals surface area contributed by atoms with Crippen LogP contribution >= 0.6 is 0 Å². The molecule has 0 unspecified atom stereocenters. The van der Waals surface area contributed by atoms with Crippen LogP contribution in [0.3, 0.4) is 0 Å². The highest BCUT2D eigenvalue weighted by Gasteiger charge is 2.18. The normalized spacial score (nSPS) is 10.0. The number of rotatable bonds is 3. The van der Waals surface area contributed by atoms with Crippen LogP contribution in [0.4, 0.5) is 13.2 Å². The van der Waals surface area contributed by atoms with Crippen molar-refractivity contribution in [1.82, 2.24) is 0 Å². The highest BCUT2D eigenvalue weighted by atomic mass is 19.2. The Bertz CT molecular complexity index is 443. The average molecular weight is 232 g/mol. The monoisotopic (exact) mass is 232 g/mol. The van der Waals surface area contributed by atoms with E-state index in [1.807, 2.05) is 0 Å². The van der Waals surface area contributed by atoms with Crippen LogP contribution in [0.25, 0.3) is 0 Å². The van der Waals surface area contributed by atoms with Gasteiger partial charge in [0.05, 0.1) is 12.7 Å².